The van der Waals surface area contributed by atoms with Gasteiger partial charge in [-0.2, -0.15) is 5.10 Å². The van der Waals surface area contributed by atoms with Crippen molar-refractivity contribution in [1.29, 1.82) is 0 Å². The lowest BCUT2D eigenvalue weighted by atomic mass is 10.2. The van der Waals surface area contributed by atoms with Crippen LogP contribution in [-0.2, 0) is 14.4 Å². The summed E-state index contributed by atoms with van der Waals surface area (Å²) in [4.78, 5) is 43.7. The highest BCUT2D eigenvalue weighted by Gasteiger charge is 2.33. The van der Waals surface area contributed by atoms with E-state index in [1.807, 2.05) is 31.2 Å². The maximum absolute atomic E-state index is 12.0. The van der Waals surface area contributed by atoms with Crippen molar-refractivity contribution < 1.29 is 19.2 Å². The summed E-state index contributed by atoms with van der Waals surface area (Å²) in [5.41, 5.74) is 4.96. The van der Waals surface area contributed by atoms with Crippen LogP contribution in [0.25, 0.3) is 0 Å². The number of amides is 2. The number of aromatic nitrogens is 1. The average molecular weight is 352 g/mol. The van der Waals surface area contributed by atoms with Gasteiger partial charge in [0.1, 0.15) is 5.82 Å². The van der Waals surface area contributed by atoms with Gasteiger partial charge in [0.2, 0.25) is 0 Å². The minimum atomic E-state index is -0.823. The van der Waals surface area contributed by atoms with Crippen molar-refractivity contribution in [2.75, 3.05) is 5.43 Å². The molecule has 1 saturated heterocycles. The molecule has 0 aliphatic carbocycles. The van der Waals surface area contributed by atoms with Gasteiger partial charge in [-0.1, -0.05) is 29.8 Å². The lowest BCUT2D eigenvalue weighted by Gasteiger charge is -2.12. The Morgan fingerprint density at radius 2 is 1.85 bits per heavy atom. The molecule has 2 heterocycles. The summed E-state index contributed by atoms with van der Waals surface area (Å²) < 4.78 is 0. The minimum absolute atomic E-state index is 0.0478. The molecule has 8 nitrogen and oxygen atoms in total. The zero-order valence-electron chi connectivity index (χ0n) is 14.0. The molecule has 1 fully saturated rings. The van der Waals surface area contributed by atoms with E-state index in [4.69, 9.17) is 4.84 Å². The summed E-state index contributed by atoms with van der Waals surface area (Å²) in [6, 6.07) is 10.8. The summed E-state index contributed by atoms with van der Waals surface area (Å²) in [6.45, 7) is 2.01. The number of imide groups is 1. The number of hydroxylamine groups is 2. The molecule has 0 bridgehead atoms. The van der Waals surface area contributed by atoms with Crippen molar-refractivity contribution in [1.82, 2.24) is 10.0 Å². The first-order chi connectivity index (χ1) is 12.5. The first-order valence-electron chi connectivity index (χ1n) is 7.93. The predicted molar refractivity (Wildman–Crippen MR) is 93.1 cm³/mol. The highest BCUT2D eigenvalue weighted by molar-refractivity contribution is 6.02. The van der Waals surface area contributed by atoms with Gasteiger partial charge in [-0.15, -0.1) is 5.06 Å². The van der Waals surface area contributed by atoms with Crippen LogP contribution in [-0.4, -0.2) is 34.0 Å². The van der Waals surface area contributed by atoms with Crippen LogP contribution in [0.5, 0.6) is 0 Å². The summed E-state index contributed by atoms with van der Waals surface area (Å²) in [5, 5.41) is 4.57. The van der Waals surface area contributed by atoms with E-state index in [1.54, 1.807) is 6.21 Å². The minimum Gasteiger partial charge on any atom is -0.325 e. The van der Waals surface area contributed by atoms with E-state index in [0.29, 0.717) is 10.9 Å². The van der Waals surface area contributed by atoms with Crippen LogP contribution < -0.4 is 5.43 Å². The molecular weight excluding hydrogens is 336 g/mol. The van der Waals surface area contributed by atoms with Crippen molar-refractivity contribution in [3.05, 3.63) is 59.3 Å². The monoisotopic (exact) mass is 352 g/mol. The molecule has 0 unspecified atom stereocenters. The van der Waals surface area contributed by atoms with Crippen LogP contribution in [0.15, 0.2) is 47.7 Å². The molecular formula is C18H16N4O4. The Hall–Kier alpha value is -3.55. The number of hydrazone groups is 1. The second kappa shape index (κ2) is 7.56. The number of aryl methyl sites for hydroxylation is 1. The molecule has 1 aliphatic rings. The molecule has 1 aromatic carbocycles. The third-order valence-corrected chi connectivity index (χ3v) is 3.65. The zero-order chi connectivity index (χ0) is 18.5. The Balaban J connectivity index is 1.57. The van der Waals surface area contributed by atoms with Crippen LogP contribution in [0.1, 0.15) is 34.3 Å². The summed E-state index contributed by atoms with van der Waals surface area (Å²) in [5.74, 6) is -1.45. The SMILES string of the molecule is Cc1ccc(/C=N\Nc2ccc(C(=O)ON3C(=O)CCC3=O)cn2)cc1. The van der Waals surface area contributed by atoms with Gasteiger partial charge in [0.25, 0.3) is 11.8 Å². The number of nitrogens with zero attached hydrogens (tertiary/aromatic N) is 3. The number of nitrogens with one attached hydrogen (secondary N) is 1. The van der Waals surface area contributed by atoms with Gasteiger partial charge in [-0.25, -0.2) is 9.78 Å². The third kappa shape index (κ3) is 4.10. The Morgan fingerprint density at radius 3 is 2.46 bits per heavy atom. The number of rotatable bonds is 5. The van der Waals surface area contributed by atoms with Gasteiger partial charge in [-0.05, 0) is 24.6 Å². The number of carbonyl (C=O) groups is 3. The summed E-state index contributed by atoms with van der Waals surface area (Å²) in [7, 11) is 0. The smallest absolute Gasteiger partial charge is 0.325 e. The van der Waals surface area contributed by atoms with Crippen molar-refractivity contribution in [2.24, 2.45) is 5.10 Å². The molecule has 1 aromatic heterocycles. The molecule has 26 heavy (non-hydrogen) atoms. The molecule has 8 heteroatoms. The van der Waals surface area contributed by atoms with Gasteiger partial charge in [0.15, 0.2) is 0 Å². The molecule has 0 radical (unpaired) electrons. The Labute approximate surface area is 149 Å². The normalized spacial score (nSPS) is 14.1. The average Bonchev–Trinajstić information content (AvgIpc) is 2.96. The van der Waals surface area contributed by atoms with Gasteiger partial charge in [0.05, 0.1) is 11.8 Å². The van der Waals surface area contributed by atoms with E-state index in [0.717, 1.165) is 11.1 Å². The molecule has 3 rings (SSSR count). The van der Waals surface area contributed by atoms with Gasteiger partial charge < -0.3 is 4.84 Å². The molecule has 0 spiro atoms. The van der Waals surface area contributed by atoms with Crippen LogP contribution in [0.2, 0.25) is 0 Å². The molecule has 2 aromatic rings. The van der Waals surface area contributed by atoms with Crippen LogP contribution in [0.3, 0.4) is 0 Å². The number of hydrogen-bond donors (Lipinski definition) is 1. The van der Waals surface area contributed by atoms with E-state index >= 15 is 0 Å². The fourth-order valence-corrected chi connectivity index (χ4v) is 2.20. The van der Waals surface area contributed by atoms with E-state index in [-0.39, 0.29) is 18.4 Å². The molecule has 1 N–H and O–H groups in total. The molecule has 1 aliphatic heterocycles. The standard InChI is InChI=1S/C18H16N4O4/c1-12-2-4-13(5-3-12)10-20-21-15-7-6-14(11-19-15)18(25)26-22-16(23)8-9-17(22)24/h2-7,10-11H,8-9H2,1H3,(H,19,21)/b20-10-. The van der Waals surface area contributed by atoms with Crippen molar-refractivity contribution >= 4 is 29.8 Å². The number of benzene rings is 1. The highest BCUT2D eigenvalue weighted by Crippen LogP contribution is 2.14. The third-order valence-electron chi connectivity index (χ3n) is 3.65. The number of hydrogen-bond acceptors (Lipinski definition) is 7. The topological polar surface area (TPSA) is 101 Å². The maximum Gasteiger partial charge on any atom is 0.365 e. The van der Waals surface area contributed by atoms with Gasteiger partial charge >= 0.3 is 5.97 Å². The van der Waals surface area contributed by atoms with E-state index in [1.165, 1.54) is 18.3 Å². The Bertz CT molecular complexity index is 844. The second-order valence-electron chi connectivity index (χ2n) is 5.67. The number of anilines is 1. The fourth-order valence-electron chi connectivity index (χ4n) is 2.20. The van der Waals surface area contributed by atoms with Crippen LogP contribution in [0, 0.1) is 6.92 Å². The summed E-state index contributed by atoms with van der Waals surface area (Å²) >= 11 is 0. The largest absolute Gasteiger partial charge is 0.365 e. The molecule has 2 amide bonds. The predicted octanol–water partition coefficient (Wildman–Crippen LogP) is 2.06. The van der Waals surface area contributed by atoms with Crippen LogP contribution in [0.4, 0.5) is 5.82 Å². The first kappa shape index (κ1) is 17.3. The second-order valence-corrected chi connectivity index (χ2v) is 5.67. The van der Waals surface area contributed by atoms with E-state index in [2.05, 4.69) is 15.5 Å². The maximum atomic E-state index is 12.0. The molecule has 0 saturated carbocycles. The van der Waals surface area contributed by atoms with Crippen molar-refractivity contribution in [2.45, 2.75) is 19.8 Å². The molecule has 0 atom stereocenters. The molecule has 132 valence electrons. The summed E-state index contributed by atoms with van der Waals surface area (Å²) in [6.07, 6.45) is 3.02. The van der Waals surface area contributed by atoms with Crippen LogP contribution >= 0.6 is 0 Å². The number of pyridine rings is 1. The van der Waals surface area contributed by atoms with Gasteiger partial charge in [0, 0.05) is 19.0 Å². The van der Waals surface area contributed by atoms with E-state index < -0.39 is 17.8 Å². The Kier molecular flexibility index (Phi) is 5.02. The quantitative estimate of drug-likeness (QED) is 0.502. The van der Waals surface area contributed by atoms with Gasteiger partial charge in [-0.3, -0.25) is 15.0 Å². The first-order valence-corrected chi connectivity index (χ1v) is 7.93. The lowest BCUT2D eigenvalue weighted by Crippen LogP contribution is -2.32. The van der Waals surface area contributed by atoms with Crippen molar-refractivity contribution in [3.63, 3.8) is 0 Å². The zero-order valence-corrected chi connectivity index (χ0v) is 14.0. The fraction of sp³-hybridized carbons (Fsp3) is 0.167. The van der Waals surface area contributed by atoms with Crippen molar-refractivity contribution in [3.8, 4) is 0 Å². The number of carbonyl (C=O) groups excluding carboxylic acids is 3. The Morgan fingerprint density at radius 1 is 1.15 bits per heavy atom. The lowest BCUT2D eigenvalue weighted by molar-refractivity contribution is -0.172. The highest BCUT2D eigenvalue weighted by atomic mass is 16.7. The van der Waals surface area contributed by atoms with E-state index in [9.17, 15) is 14.4 Å².